The average molecular weight is 553 g/mol. The van der Waals surface area contributed by atoms with Crippen LogP contribution < -0.4 is 9.80 Å². The number of aliphatic hydroxyl groups excluding tert-OH is 1. The van der Waals surface area contributed by atoms with Crippen molar-refractivity contribution in [3.63, 3.8) is 0 Å². The van der Waals surface area contributed by atoms with E-state index < -0.39 is 23.1 Å². The number of hydrogen-bond donors (Lipinski definition) is 1. The summed E-state index contributed by atoms with van der Waals surface area (Å²) in [6.07, 6.45) is -1.59. The average Bonchev–Trinajstić information content (AvgIpc) is 2.95. The fraction of sp³-hybridized carbons (Fsp3) is 0.355. The molecule has 0 atom stereocenters. The lowest BCUT2D eigenvalue weighted by Gasteiger charge is -2.35. The molecule has 0 radical (unpaired) electrons. The zero-order valence-electron chi connectivity index (χ0n) is 23.3. The van der Waals surface area contributed by atoms with Gasteiger partial charge < -0.3 is 19.8 Å². The van der Waals surface area contributed by atoms with Gasteiger partial charge in [0.05, 0.1) is 29.5 Å². The molecule has 3 aromatic rings. The van der Waals surface area contributed by atoms with Gasteiger partial charge in [0.15, 0.2) is 0 Å². The van der Waals surface area contributed by atoms with Gasteiger partial charge in [-0.1, -0.05) is 43.0 Å². The minimum Gasteiger partial charge on any atom is -0.392 e. The molecule has 1 saturated heterocycles. The Morgan fingerprint density at radius 3 is 2.33 bits per heavy atom. The van der Waals surface area contributed by atoms with E-state index in [1.807, 2.05) is 30.3 Å². The molecule has 1 aromatic heterocycles. The molecule has 212 valence electrons. The number of amides is 1. The minimum absolute atomic E-state index is 0.195. The molecule has 2 heterocycles. The normalized spacial score (nSPS) is 14.8. The first kappa shape index (κ1) is 29.3. The van der Waals surface area contributed by atoms with E-state index in [2.05, 4.69) is 23.4 Å². The number of aliphatic hydroxyl groups is 1. The third-order valence-electron chi connectivity index (χ3n) is 7.61. The monoisotopic (exact) mass is 552 g/mol. The van der Waals surface area contributed by atoms with Crippen LogP contribution in [-0.4, -0.2) is 61.2 Å². The lowest BCUT2D eigenvalue weighted by atomic mass is 9.81. The largest absolute Gasteiger partial charge is 0.416 e. The van der Waals surface area contributed by atoms with Crippen LogP contribution in [0.5, 0.6) is 0 Å². The van der Waals surface area contributed by atoms with Crippen LogP contribution in [0.4, 0.5) is 24.7 Å². The highest BCUT2D eigenvalue weighted by Gasteiger charge is 2.38. The molecule has 2 aromatic carbocycles. The van der Waals surface area contributed by atoms with E-state index in [1.54, 1.807) is 33.2 Å². The molecule has 1 N–H and O–H groups in total. The number of hydrogen-bond acceptors (Lipinski definition) is 5. The molecule has 1 aliphatic rings. The number of piperazine rings is 1. The number of likely N-dealkylation sites (N-methyl/N-ethyl adjacent to an activating group) is 2. The zero-order valence-corrected chi connectivity index (χ0v) is 23.3. The van der Waals surface area contributed by atoms with Crippen molar-refractivity contribution >= 4 is 23.5 Å². The SMILES string of the molecule is C=Cc1cc(C(F)(F)F)cc(C(C)(C)C(=O)N(C)c2cnc(N3CCN(C)CC3)cc2-c2ccccc2CO)c1. The van der Waals surface area contributed by atoms with Crippen molar-refractivity contribution in [2.45, 2.75) is 32.0 Å². The number of benzene rings is 2. The van der Waals surface area contributed by atoms with E-state index in [0.29, 0.717) is 16.8 Å². The summed E-state index contributed by atoms with van der Waals surface area (Å²) in [5.41, 5.74) is 1.01. The van der Waals surface area contributed by atoms with Crippen LogP contribution in [-0.2, 0) is 23.0 Å². The summed E-state index contributed by atoms with van der Waals surface area (Å²) in [5.74, 6) is 0.354. The molecule has 9 heteroatoms. The van der Waals surface area contributed by atoms with Crippen molar-refractivity contribution in [1.82, 2.24) is 9.88 Å². The molecule has 1 aliphatic heterocycles. The van der Waals surface area contributed by atoms with E-state index in [4.69, 9.17) is 4.98 Å². The first-order chi connectivity index (χ1) is 18.9. The van der Waals surface area contributed by atoms with Crippen molar-refractivity contribution in [2.75, 3.05) is 50.1 Å². The van der Waals surface area contributed by atoms with Gasteiger partial charge in [-0.15, -0.1) is 0 Å². The maximum absolute atomic E-state index is 14.0. The molecule has 0 bridgehead atoms. The number of rotatable bonds is 7. The summed E-state index contributed by atoms with van der Waals surface area (Å²) >= 11 is 0. The van der Waals surface area contributed by atoms with E-state index >= 15 is 0 Å². The van der Waals surface area contributed by atoms with Crippen LogP contribution in [0.3, 0.4) is 0 Å². The van der Waals surface area contributed by atoms with Gasteiger partial charge in [0.1, 0.15) is 5.82 Å². The predicted octanol–water partition coefficient (Wildman–Crippen LogP) is 5.60. The number of anilines is 2. The summed E-state index contributed by atoms with van der Waals surface area (Å²) in [5, 5.41) is 10.1. The third kappa shape index (κ3) is 5.90. The molecule has 0 spiro atoms. The van der Waals surface area contributed by atoms with Gasteiger partial charge in [0.25, 0.3) is 0 Å². The summed E-state index contributed by atoms with van der Waals surface area (Å²) in [6, 6.07) is 12.9. The second-order valence-corrected chi connectivity index (χ2v) is 10.7. The van der Waals surface area contributed by atoms with Gasteiger partial charge >= 0.3 is 6.18 Å². The van der Waals surface area contributed by atoms with Crippen molar-refractivity contribution in [3.8, 4) is 11.1 Å². The minimum atomic E-state index is -4.57. The van der Waals surface area contributed by atoms with Crippen molar-refractivity contribution < 1.29 is 23.1 Å². The number of pyridine rings is 1. The van der Waals surface area contributed by atoms with Crippen molar-refractivity contribution in [3.05, 3.63) is 83.6 Å². The highest BCUT2D eigenvalue weighted by Crippen LogP contribution is 2.39. The van der Waals surface area contributed by atoms with Crippen molar-refractivity contribution in [2.24, 2.45) is 0 Å². The molecule has 0 unspecified atom stereocenters. The van der Waals surface area contributed by atoms with Crippen LogP contribution in [0, 0.1) is 0 Å². The van der Waals surface area contributed by atoms with Gasteiger partial charge in [-0.3, -0.25) is 4.79 Å². The molecular weight excluding hydrogens is 517 g/mol. The highest BCUT2D eigenvalue weighted by molar-refractivity contribution is 6.03. The summed E-state index contributed by atoms with van der Waals surface area (Å²) < 4.78 is 41.0. The van der Waals surface area contributed by atoms with Gasteiger partial charge in [-0.05, 0) is 61.3 Å². The Morgan fingerprint density at radius 1 is 1.05 bits per heavy atom. The second kappa shape index (κ2) is 11.4. The van der Waals surface area contributed by atoms with Gasteiger partial charge in [0, 0.05) is 38.8 Å². The van der Waals surface area contributed by atoms with Gasteiger partial charge in [-0.2, -0.15) is 13.2 Å². The first-order valence-corrected chi connectivity index (χ1v) is 13.1. The fourth-order valence-corrected chi connectivity index (χ4v) is 5.00. The smallest absolute Gasteiger partial charge is 0.392 e. The summed E-state index contributed by atoms with van der Waals surface area (Å²) in [6.45, 7) is 10.0. The van der Waals surface area contributed by atoms with Crippen LogP contribution >= 0.6 is 0 Å². The van der Waals surface area contributed by atoms with Crippen LogP contribution in [0.25, 0.3) is 17.2 Å². The van der Waals surface area contributed by atoms with Crippen LogP contribution in [0.2, 0.25) is 0 Å². The lowest BCUT2D eigenvalue weighted by molar-refractivity contribution is -0.137. The second-order valence-electron chi connectivity index (χ2n) is 10.7. The number of aromatic nitrogens is 1. The number of carbonyl (C=O) groups is 1. The molecule has 40 heavy (non-hydrogen) atoms. The third-order valence-corrected chi connectivity index (χ3v) is 7.61. The molecule has 0 aliphatic carbocycles. The van der Waals surface area contributed by atoms with Crippen molar-refractivity contribution in [1.29, 1.82) is 0 Å². The predicted molar refractivity (Wildman–Crippen MR) is 153 cm³/mol. The maximum Gasteiger partial charge on any atom is 0.416 e. The Morgan fingerprint density at radius 2 is 1.70 bits per heavy atom. The molecule has 0 saturated carbocycles. The summed E-state index contributed by atoms with van der Waals surface area (Å²) in [7, 11) is 3.67. The quantitative estimate of drug-likeness (QED) is 0.414. The van der Waals surface area contributed by atoms with E-state index in [-0.39, 0.29) is 17.7 Å². The Bertz CT molecular complexity index is 1400. The maximum atomic E-state index is 14.0. The van der Waals surface area contributed by atoms with E-state index in [0.717, 1.165) is 49.7 Å². The van der Waals surface area contributed by atoms with Crippen LogP contribution in [0.15, 0.2) is 61.3 Å². The zero-order chi connectivity index (χ0) is 29.2. The number of halogens is 3. The number of alkyl halides is 3. The van der Waals surface area contributed by atoms with Crippen LogP contribution in [0.1, 0.15) is 36.1 Å². The lowest BCUT2D eigenvalue weighted by Crippen LogP contribution is -2.45. The fourth-order valence-electron chi connectivity index (χ4n) is 5.00. The molecule has 1 fully saturated rings. The Hall–Kier alpha value is -3.69. The Kier molecular flexibility index (Phi) is 8.37. The Balaban J connectivity index is 1.79. The molecule has 1 amide bonds. The molecule has 6 nitrogen and oxygen atoms in total. The standard InChI is InChI=1S/C31H35F3N4O2/c1-6-21-15-23(17-24(16-21)31(32,33)34)30(2,3)29(40)37(5)27-19-35-28(38-13-11-36(4)12-14-38)18-26(27)25-10-8-7-9-22(25)20-39/h6-10,15-19,39H,1,11-14,20H2,2-5H3. The topological polar surface area (TPSA) is 59.9 Å². The first-order valence-electron chi connectivity index (χ1n) is 13.1. The highest BCUT2D eigenvalue weighted by atomic mass is 19.4. The van der Waals surface area contributed by atoms with E-state index in [1.165, 1.54) is 11.0 Å². The van der Waals surface area contributed by atoms with Gasteiger partial charge in [0.2, 0.25) is 5.91 Å². The van der Waals surface area contributed by atoms with E-state index in [9.17, 15) is 23.1 Å². The summed E-state index contributed by atoms with van der Waals surface area (Å²) in [4.78, 5) is 24.6. The number of nitrogens with zero attached hydrogens (tertiary/aromatic N) is 4. The Labute approximate surface area is 233 Å². The molecule has 4 rings (SSSR count). The molecular formula is C31H35F3N4O2. The number of carbonyl (C=O) groups excluding carboxylic acids is 1. The van der Waals surface area contributed by atoms with Gasteiger partial charge in [-0.25, -0.2) is 4.98 Å².